The van der Waals surface area contributed by atoms with E-state index in [1.165, 1.54) is 0 Å². The summed E-state index contributed by atoms with van der Waals surface area (Å²) < 4.78 is 0. The van der Waals surface area contributed by atoms with E-state index in [1.807, 2.05) is 13.0 Å². The fourth-order valence-corrected chi connectivity index (χ4v) is 1.16. The molecule has 5 nitrogen and oxygen atoms in total. The van der Waals surface area contributed by atoms with Crippen molar-refractivity contribution in [2.45, 2.75) is 39.8 Å². The highest BCUT2D eigenvalue weighted by atomic mass is 15.1. The molecule has 1 aromatic rings. The van der Waals surface area contributed by atoms with E-state index in [-0.39, 0.29) is 0 Å². The van der Waals surface area contributed by atoms with Crippen molar-refractivity contribution in [1.82, 2.24) is 15.3 Å². The number of guanidine groups is 1. The quantitative estimate of drug-likeness (QED) is 0.587. The number of aryl methyl sites for hydroxylation is 1. The average Bonchev–Trinajstić information content (AvgIpc) is 2.26. The van der Waals surface area contributed by atoms with Gasteiger partial charge < -0.3 is 11.1 Å². The Bertz CT molecular complexity index is 361. The fraction of sp³-hybridized carbons (Fsp3) is 0.545. The third-order valence-corrected chi connectivity index (χ3v) is 2.25. The third kappa shape index (κ3) is 4.25. The summed E-state index contributed by atoms with van der Waals surface area (Å²) in [6.45, 7) is 6.50. The van der Waals surface area contributed by atoms with Gasteiger partial charge in [-0.2, -0.15) is 0 Å². The van der Waals surface area contributed by atoms with Crippen molar-refractivity contribution in [3.63, 3.8) is 0 Å². The summed E-state index contributed by atoms with van der Waals surface area (Å²) in [6.07, 6.45) is 2.74. The van der Waals surface area contributed by atoms with Gasteiger partial charge in [-0.15, -0.1) is 0 Å². The van der Waals surface area contributed by atoms with Gasteiger partial charge in [-0.05, 0) is 26.3 Å². The molecule has 0 radical (unpaired) electrons. The highest BCUT2D eigenvalue weighted by Crippen LogP contribution is 1.96. The number of hydrogen-bond donors (Lipinski definition) is 2. The minimum absolute atomic E-state index is 0.343. The summed E-state index contributed by atoms with van der Waals surface area (Å²) in [6, 6.07) is 2.18. The minimum atomic E-state index is 0.343. The summed E-state index contributed by atoms with van der Waals surface area (Å²) in [5, 5.41) is 3.10. The van der Waals surface area contributed by atoms with Gasteiger partial charge in [-0.1, -0.05) is 6.92 Å². The van der Waals surface area contributed by atoms with E-state index in [9.17, 15) is 0 Å². The molecule has 0 aliphatic carbocycles. The van der Waals surface area contributed by atoms with E-state index in [1.54, 1.807) is 6.20 Å². The zero-order valence-electron chi connectivity index (χ0n) is 10.1. The molecule has 88 valence electrons. The lowest BCUT2D eigenvalue weighted by Gasteiger charge is -2.11. The van der Waals surface area contributed by atoms with Crippen molar-refractivity contribution < 1.29 is 0 Å². The first-order valence-electron chi connectivity index (χ1n) is 5.46. The van der Waals surface area contributed by atoms with Crippen LogP contribution in [0.25, 0.3) is 0 Å². The predicted octanol–water partition coefficient (Wildman–Crippen LogP) is 0.988. The van der Waals surface area contributed by atoms with Gasteiger partial charge in [-0.3, -0.25) is 0 Å². The SMILES string of the molecule is CC[C@@H](C)NC(N)=NCc1ccnc(C)n1. The molecular weight excluding hydrogens is 202 g/mol. The van der Waals surface area contributed by atoms with Crippen molar-refractivity contribution in [1.29, 1.82) is 0 Å². The van der Waals surface area contributed by atoms with Gasteiger partial charge in [0, 0.05) is 12.2 Å². The fourth-order valence-electron chi connectivity index (χ4n) is 1.16. The highest BCUT2D eigenvalue weighted by Gasteiger charge is 1.99. The standard InChI is InChI=1S/C11H19N5/c1-4-8(2)15-11(12)14-7-10-5-6-13-9(3)16-10/h5-6,8H,4,7H2,1-3H3,(H3,12,14,15)/t8-/m1/s1. The molecule has 0 spiro atoms. The Morgan fingerprint density at radius 3 is 3.00 bits per heavy atom. The Labute approximate surface area is 96.2 Å². The summed E-state index contributed by atoms with van der Waals surface area (Å²) in [5.74, 6) is 1.21. The van der Waals surface area contributed by atoms with Crippen molar-refractivity contribution in [2.24, 2.45) is 10.7 Å². The van der Waals surface area contributed by atoms with Crippen LogP contribution in [0.15, 0.2) is 17.3 Å². The van der Waals surface area contributed by atoms with Gasteiger partial charge in [0.15, 0.2) is 5.96 Å². The Hall–Kier alpha value is -1.65. The van der Waals surface area contributed by atoms with Crippen molar-refractivity contribution >= 4 is 5.96 Å². The van der Waals surface area contributed by atoms with Gasteiger partial charge in [0.25, 0.3) is 0 Å². The Kier molecular flexibility index (Phi) is 4.69. The number of aliphatic imine (C=N–C) groups is 1. The number of nitrogens with two attached hydrogens (primary N) is 1. The number of nitrogens with zero attached hydrogens (tertiary/aromatic N) is 3. The molecule has 0 fully saturated rings. The molecule has 0 saturated heterocycles. The summed E-state index contributed by atoms with van der Waals surface area (Å²) in [4.78, 5) is 12.5. The predicted molar refractivity (Wildman–Crippen MR) is 65.0 cm³/mol. The van der Waals surface area contributed by atoms with E-state index < -0.39 is 0 Å². The van der Waals surface area contributed by atoms with E-state index in [0.717, 1.165) is 17.9 Å². The van der Waals surface area contributed by atoms with Crippen LogP contribution in [0, 0.1) is 6.92 Å². The molecule has 0 amide bonds. The molecule has 3 N–H and O–H groups in total. The lowest BCUT2D eigenvalue weighted by molar-refractivity contribution is 0.636. The van der Waals surface area contributed by atoms with Gasteiger partial charge >= 0.3 is 0 Å². The van der Waals surface area contributed by atoms with Crippen molar-refractivity contribution in [2.75, 3.05) is 0 Å². The van der Waals surface area contributed by atoms with Crippen LogP contribution in [0.1, 0.15) is 31.8 Å². The molecule has 16 heavy (non-hydrogen) atoms. The first-order valence-corrected chi connectivity index (χ1v) is 5.46. The monoisotopic (exact) mass is 221 g/mol. The topological polar surface area (TPSA) is 76.2 Å². The summed E-state index contributed by atoms with van der Waals surface area (Å²) in [5.41, 5.74) is 6.61. The highest BCUT2D eigenvalue weighted by molar-refractivity contribution is 5.78. The maximum absolute atomic E-state index is 5.73. The first kappa shape index (κ1) is 12.4. The molecule has 1 atom stereocenters. The minimum Gasteiger partial charge on any atom is -0.370 e. The zero-order chi connectivity index (χ0) is 12.0. The van der Waals surface area contributed by atoms with Crippen LogP contribution in [-0.2, 0) is 6.54 Å². The van der Waals surface area contributed by atoms with Crippen LogP contribution in [-0.4, -0.2) is 22.0 Å². The molecule has 0 aromatic carbocycles. The van der Waals surface area contributed by atoms with Crippen LogP contribution in [0.3, 0.4) is 0 Å². The van der Waals surface area contributed by atoms with Crippen LogP contribution < -0.4 is 11.1 Å². The van der Waals surface area contributed by atoms with Gasteiger partial charge in [0.05, 0.1) is 12.2 Å². The second kappa shape index (κ2) is 6.05. The molecule has 5 heteroatoms. The molecule has 0 saturated carbocycles. The van der Waals surface area contributed by atoms with Crippen LogP contribution in [0.2, 0.25) is 0 Å². The number of rotatable bonds is 4. The van der Waals surface area contributed by atoms with E-state index in [4.69, 9.17) is 5.73 Å². The van der Waals surface area contributed by atoms with Gasteiger partial charge in [-0.25, -0.2) is 15.0 Å². The summed E-state index contributed by atoms with van der Waals surface area (Å²) >= 11 is 0. The molecule has 1 aromatic heterocycles. The van der Waals surface area contributed by atoms with Gasteiger partial charge in [0.1, 0.15) is 5.82 Å². The normalized spacial score (nSPS) is 13.6. The third-order valence-electron chi connectivity index (χ3n) is 2.25. The van der Waals surface area contributed by atoms with Crippen molar-refractivity contribution in [3.05, 3.63) is 23.8 Å². The first-order chi connectivity index (χ1) is 7.61. The molecule has 1 rings (SSSR count). The van der Waals surface area contributed by atoms with E-state index >= 15 is 0 Å². The second-order valence-electron chi connectivity index (χ2n) is 3.75. The molecule has 0 aliphatic rings. The molecule has 0 unspecified atom stereocenters. The molecule has 0 aliphatic heterocycles. The molecular formula is C11H19N5. The Balaban J connectivity index is 2.52. The van der Waals surface area contributed by atoms with Crippen LogP contribution in [0.5, 0.6) is 0 Å². The van der Waals surface area contributed by atoms with E-state index in [2.05, 4.69) is 34.1 Å². The lowest BCUT2D eigenvalue weighted by Crippen LogP contribution is -2.38. The zero-order valence-corrected chi connectivity index (χ0v) is 10.1. The lowest BCUT2D eigenvalue weighted by atomic mass is 10.3. The van der Waals surface area contributed by atoms with E-state index in [0.29, 0.717) is 18.5 Å². The number of nitrogens with one attached hydrogen (secondary N) is 1. The Morgan fingerprint density at radius 1 is 1.62 bits per heavy atom. The largest absolute Gasteiger partial charge is 0.370 e. The average molecular weight is 221 g/mol. The number of hydrogen-bond acceptors (Lipinski definition) is 3. The van der Waals surface area contributed by atoms with Crippen LogP contribution >= 0.6 is 0 Å². The second-order valence-corrected chi connectivity index (χ2v) is 3.75. The Morgan fingerprint density at radius 2 is 2.38 bits per heavy atom. The van der Waals surface area contributed by atoms with Crippen LogP contribution in [0.4, 0.5) is 0 Å². The maximum Gasteiger partial charge on any atom is 0.189 e. The van der Waals surface area contributed by atoms with Crippen molar-refractivity contribution in [3.8, 4) is 0 Å². The smallest absolute Gasteiger partial charge is 0.189 e. The number of aromatic nitrogens is 2. The van der Waals surface area contributed by atoms with Gasteiger partial charge in [0.2, 0.25) is 0 Å². The molecule has 1 heterocycles. The summed E-state index contributed by atoms with van der Waals surface area (Å²) in [7, 11) is 0. The molecule has 0 bridgehead atoms. The maximum atomic E-state index is 5.73.